The van der Waals surface area contributed by atoms with Gasteiger partial charge in [0.25, 0.3) is 0 Å². The fourth-order valence-electron chi connectivity index (χ4n) is 8.67. The molecule has 0 saturated heterocycles. The zero-order chi connectivity index (χ0) is 46.7. The number of carbonyl (C=O) groups excluding carboxylic acids is 2. The molecular weight excluding hydrogens is 791 g/mol. The first-order valence-corrected chi connectivity index (χ1v) is 28.2. The van der Waals surface area contributed by atoms with Gasteiger partial charge in [-0.15, -0.1) is 0 Å². The highest BCUT2D eigenvalue weighted by Gasteiger charge is 2.24. The van der Waals surface area contributed by atoms with Crippen molar-refractivity contribution in [2.24, 2.45) is 0 Å². The number of amides is 1. The normalized spacial score (nSPS) is 13.4. The summed E-state index contributed by atoms with van der Waals surface area (Å²) in [7, 11) is 0. The summed E-state index contributed by atoms with van der Waals surface area (Å²) in [4.78, 5) is 26.2. The molecule has 0 fully saturated rings. The molecule has 0 aromatic heterocycles. The fourth-order valence-corrected chi connectivity index (χ4v) is 8.67. The number of unbranched alkanes of at least 4 members (excludes halogenated alkanes) is 33. The molecule has 376 valence electrons. The van der Waals surface area contributed by atoms with Crippen LogP contribution in [0.4, 0.5) is 0 Å². The predicted octanol–water partition coefficient (Wildman–Crippen LogP) is 17.2. The Morgan fingerprint density at radius 3 is 1.23 bits per heavy atom. The summed E-state index contributed by atoms with van der Waals surface area (Å²) < 4.78 is 5.96. The SMILES string of the molecule is CCCCC/C=C\C/C=C\C/C=C\CCCCCCCCC(=O)OC(CCCCCCCCCCCCCCCC)CC(=O)NC(CO)C(O)CCCCCCCCCCCCCC. The van der Waals surface area contributed by atoms with Gasteiger partial charge >= 0.3 is 5.97 Å². The van der Waals surface area contributed by atoms with Gasteiger partial charge in [0.1, 0.15) is 6.10 Å². The molecule has 6 nitrogen and oxygen atoms in total. The van der Waals surface area contributed by atoms with E-state index < -0.39 is 18.2 Å². The lowest BCUT2D eigenvalue weighted by Crippen LogP contribution is -2.46. The maximum Gasteiger partial charge on any atom is 0.306 e. The smallest absolute Gasteiger partial charge is 0.306 e. The van der Waals surface area contributed by atoms with Gasteiger partial charge in [0.15, 0.2) is 0 Å². The van der Waals surface area contributed by atoms with E-state index >= 15 is 0 Å². The number of hydrogen-bond donors (Lipinski definition) is 3. The number of carbonyl (C=O) groups is 2. The van der Waals surface area contributed by atoms with Gasteiger partial charge in [-0.2, -0.15) is 0 Å². The molecule has 0 bridgehead atoms. The largest absolute Gasteiger partial charge is 0.462 e. The number of aliphatic hydroxyl groups is 2. The molecule has 0 rings (SSSR count). The van der Waals surface area contributed by atoms with E-state index in [4.69, 9.17) is 4.74 Å². The number of hydrogen-bond acceptors (Lipinski definition) is 5. The van der Waals surface area contributed by atoms with E-state index in [9.17, 15) is 19.8 Å². The third-order valence-corrected chi connectivity index (χ3v) is 13.0. The van der Waals surface area contributed by atoms with Crippen molar-refractivity contribution in [2.75, 3.05) is 6.61 Å². The molecule has 0 aliphatic rings. The van der Waals surface area contributed by atoms with Crippen molar-refractivity contribution in [2.45, 2.75) is 315 Å². The third kappa shape index (κ3) is 46.6. The molecule has 6 heteroatoms. The number of nitrogens with one attached hydrogen (secondary N) is 1. The van der Waals surface area contributed by atoms with E-state index in [-0.39, 0.29) is 24.9 Å². The monoisotopic (exact) mass is 900 g/mol. The molecule has 0 aliphatic heterocycles. The molecule has 0 aliphatic carbocycles. The highest BCUT2D eigenvalue weighted by molar-refractivity contribution is 5.77. The van der Waals surface area contributed by atoms with E-state index in [2.05, 4.69) is 62.5 Å². The second-order valence-corrected chi connectivity index (χ2v) is 19.3. The van der Waals surface area contributed by atoms with Crippen LogP contribution in [0.25, 0.3) is 0 Å². The quantitative estimate of drug-likeness (QED) is 0.0321. The van der Waals surface area contributed by atoms with Gasteiger partial charge in [0, 0.05) is 6.42 Å². The van der Waals surface area contributed by atoms with E-state index in [1.807, 2.05) is 0 Å². The van der Waals surface area contributed by atoms with Gasteiger partial charge in [-0.3, -0.25) is 9.59 Å². The lowest BCUT2D eigenvalue weighted by Gasteiger charge is -2.24. The average Bonchev–Trinajstić information content (AvgIpc) is 3.29. The molecule has 3 unspecified atom stereocenters. The Kier molecular flexibility index (Phi) is 50.5. The van der Waals surface area contributed by atoms with Crippen LogP contribution in [0.15, 0.2) is 36.5 Å². The molecule has 0 aromatic carbocycles. The summed E-state index contributed by atoms with van der Waals surface area (Å²) in [6.07, 6.45) is 62.0. The first-order valence-electron chi connectivity index (χ1n) is 28.2. The minimum Gasteiger partial charge on any atom is -0.462 e. The number of allylic oxidation sites excluding steroid dienone is 6. The second-order valence-electron chi connectivity index (χ2n) is 19.3. The van der Waals surface area contributed by atoms with Crippen molar-refractivity contribution in [1.82, 2.24) is 5.32 Å². The van der Waals surface area contributed by atoms with Crippen LogP contribution in [0.2, 0.25) is 0 Å². The van der Waals surface area contributed by atoms with Crippen LogP contribution in [0.3, 0.4) is 0 Å². The van der Waals surface area contributed by atoms with Crippen LogP contribution in [-0.4, -0.2) is 46.9 Å². The van der Waals surface area contributed by atoms with Crippen LogP contribution < -0.4 is 5.32 Å². The highest BCUT2D eigenvalue weighted by atomic mass is 16.5. The molecule has 0 radical (unpaired) electrons. The molecule has 3 N–H and O–H groups in total. The summed E-state index contributed by atoms with van der Waals surface area (Å²) in [5.74, 6) is -0.473. The zero-order valence-corrected chi connectivity index (χ0v) is 42.9. The van der Waals surface area contributed by atoms with Crippen LogP contribution in [0, 0.1) is 0 Å². The number of aliphatic hydroxyl groups excluding tert-OH is 2. The Bertz CT molecular complexity index is 1060. The molecule has 64 heavy (non-hydrogen) atoms. The summed E-state index contributed by atoms with van der Waals surface area (Å²) >= 11 is 0. The Labute approximate surface area is 398 Å². The summed E-state index contributed by atoms with van der Waals surface area (Å²) in [6, 6.07) is -0.701. The average molecular weight is 901 g/mol. The van der Waals surface area contributed by atoms with Gasteiger partial charge in [-0.05, 0) is 64.2 Å². The molecule has 3 atom stereocenters. The summed E-state index contributed by atoms with van der Waals surface area (Å²) in [5, 5.41) is 23.8. The molecule has 0 heterocycles. The van der Waals surface area contributed by atoms with E-state index in [1.54, 1.807) is 0 Å². The Balaban J connectivity index is 4.54. The van der Waals surface area contributed by atoms with E-state index in [1.165, 1.54) is 186 Å². The molecule has 1 amide bonds. The van der Waals surface area contributed by atoms with Gasteiger partial charge in [-0.1, -0.05) is 256 Å². The van der Waals surface area contributed by atoms with Crippen LogP contribution in [0.1, 0.15) is 297 Å². The molecule has 0 spiro atoms. The topological polar surface area (TPSA) is 95.9 Å². The van der Waals surface area contributed by atoms with Gasteiger partial charge < -0.3 is 20.3 Å². The summed E-state index contributed by atoms with van der Waals surface area (Å²) in [6.45, 7) is 6.48. The Morgan fingerprint density at radius 2 is 0.797 bits per heavy atom. The predicted molar refractivity (Wildman–Crippen MR) is 278 cm³/mol. The lowest BCUT2D eigenvalue weighted by molar-refractivity contribution is -0.151. The van der Waals surface area contributed by atoms with Crippen molar-refractivity contribution in [1.29, 1.82) is 0 Å². The zero-order valence-electron chi connectivity index (χ0n) is 42.9. The number of esters is 1. The maximum absolute atomic E-state index is 13.2. The number of ether oxygens (including phenoxy) is 1. The maximum atomic E-state index is 13.2. The second kappa shape index (κ2) is 52.1. The minimum atomic E-state index is -0.787. The standard InChI is InChI=1S/C58H109NO5/c1-4-7-10-13-16-19-22-25-27-28-29-30-31-33-36-39-42-45-48-51-58(63)64-54(49-46-43-40-37-34-32-26-23-20-17-14-11-8-5-2)52-57(62)59-55(53-60)56(61)50-47-44-41-38-35-24-21-18-15-12-9-6-3/h16,19,25,27,29-30,54-56,60-61H,4-15,17-18,20-24,26,28,31-53H2,1-3H3,(H,59,62)/b19-16-,27-25-,30-29-. The van der Waals surface area contributed by atoms with E-state index in [0.29, 0.717) is 19.3 Å². The fraction of sp³-hybridized carbons (Fsp3) is 0.862. The van der Waals surface area contributed by atoms with Gasteiger partial charge in [-0.25, -0.2) is 0 Å². The van der Waals surface area contributed by atoms with Gasteiger partial charge in [0.2, 0.25) is 5.91 Å². The first-order chi connectivity index (χ1) is 31.5. The molecule has 0 saturated carbocycles. The molecule has 0 aromatic rings. The van der Waals surface area contributed by atoms with Crippen LogP contribution >= 0.6 is 0 Å². The van der Waals surface area contributed by atoms with Crippen molar-refractivity contribution in [3.8, 4) is 0 Å². The van der Waals surface area contributed by atoms with Crippen molar-refractivity contribution < 1.29 is 24.5 Å². The first kappa shape index (κ1) is 62.1. The van der Waals surface area contributed by atoms with Crippen LogP contribution in [-0.2, 0) is 14.3 Å². The Morgan fingerprint density at radius 1 is 0.453 bits per heavy atom. The van der Waals surface area contributed by atoms with Crippen molar-refractivity contribution in [3.05, 3.63) is 36.5 Å². The highest BCUT2D eigenvalue weighted by Crippen LogP contribution is 2.19. The summed E-state index contributed by atoms with van der Waals surface area (Å²) in [5.41, 5.74) is 0. The molecular formula is C58H109NO5. The Hall–Kier alpha value is -1.92. The van der Waals surface area contributed by atoms with Gasteiger partial charge in [0.05, 0.1) is 25.2 Å². The lowest BCUT2D eigenvalue weighted by atomic mass is 10.0. The third-order valence-electron chi connectivity index (χ3n) is 13.0. The number of rotatable bonds is 51. The van der Waals surface area contributed by atoms with Crippen LogP contribution in [0.5, 0.6) is 0 Å². The van der Waals surface area contributed by atoms with E-state index in [0.717, 1.165) is 64.2 Å². The minimum absolute atomic E-state index is 0.0767. The van der Waals surface area contributed by atoms with Crippen molar-refractivity contribution in [3.63, 3.8) is 0 Å². The van der Waals surface area contributed by atoms with Crippen molar-refractivity contribution >= 4 is 11.9 Å².